The van der Waals surface area contributed by atoms with Gasteiger partial charge in [-0.2, -0.15) is 0 Å². The highest BCUT2D eigenvalue weighted by Gasteiger charge is 2.40. The van der Waals surface area contributed by atoms with Crippen molar-refractivity contribution in [3.8, 4) is 0 Å². The number of hydrogen-bond donors (Lipinski definition) is 6. The molecular formula is C52H68N8O6. The molecule has 0 radical (unpaired) electrons. The molecule has 7 rings (SSSR count). The number of rotatable bonds is 17. The summed E-state index contributed by atoms with van der Waals surface area (Å²) in [6.45, 7) is 4.31. The summed E-state index contributed by atoms with van der Waals surface area (Å²) < 4.78 is 0. The maximum Gasteiger partial charge on any atom is 0.246 e. The molecule has 14 nitrogen and oxygen atoms in total. The zero-order valence-corrected chi connectivity index (χ0v) is 38.9. The quantitative estimate of drug-likeness (QED) is 0.117. The molecule has 3 aromatic carbocycles. The zero-order valence-electron chi connectivity index (χ0n) is 38.9. The van der Waals surface area contributed by atoms with Crippen LogP contribution in [0.5, 0.6) is 0 Å². The van der Waals surface area contributed by atoms with Gasteiger partial charge in [0, 0.05) is 19.5 Å². The van der Waals surface area contributed by atoms with Crippen LogP contribution in [-0.2, 0) is 48.0 Å². The highest BCUT2D eigenvalue weighted by molar-refractivity contribution is 5.95. The average molecular weight is 901 g/mol. The summed E-state index contributed by atoms with van der Waals surface area (Å²) >= 11 is 0. The number of likely N-dealkylation sites (tertiary alicyclic amines) is 2. The maximum atomic E-state index is 14.4. The van der Waals surface area contributed by atoms with Crippen molar-refractivity contribution >= 4 is 41.5 Å². The Kier molecular flexibility index (Phi) is 16.4. The molecule has 0 saturated carbocycles. The van der Waals surface area contributed by atoms with Gasteiger partial charge in [-0.1, -0.05) is 84.9 Å². The SMILES string of the molecule is CN[C@@H](C)C(=O)N[C@@H](C/C=C/c1ccc(C[C@H](NC(=O)[C@H](C)NC)C(=O)N2CCC[C@H]2C(=O)N[C@H]2CCCc3ccccc32)cc1)C(=O)N1CCC[C@H]1C(=O)NC1CCCc2ccccc21. The number of benzene rings is 3. The van der Waals surface area contributed by atoms with E-state index in [0.29, 0.717) is 38.8 Å². The van der Waals surface area contributed by atoms with E-state index < -0.39 is 36.3 Å². The normalized spacial score (nSPS) is 22.1. The topological polar surface area (TPSA) is 181 Å². The average Bonchev–Trinajstić information content (AvgIpc) is 4.05. The van der Waals surface area contributed by atoms with Crippen LogP contribution in [0.3, 0.4) is 0 Å². The Morgan fingerprint density at radius 1 is 0.606 bits per heavy atom. The van der Waals surface area contributed by atoms with Crippen LogP contribution in [0.1, 0.15) is 117 Å². The Morgan fingerprint density at radius 2 is 1.08 bits per heavy atom. The van der Waals surface area contributed by atoms with E-state index in [2.05, 4.69) is 56.2 Å². The zero-order chi connectivity index (χ0) is 46.7. The van der Waals surface area contributed by atoms with Gasteiger partial charge < -0.3 is 41.7 Å². The maximum absolute atomic E-state index is 14.4. The lowest BCUT2D eigenvalue weighted by Crippen LogP contribution is -2.56. The predicted molar refractivity (Wildman–Crippen MR) is 255 cm³/mol. The molecule has 2 heterocycles. The number of fused-ring (bicyclic) bond motifs is 2. The number of hydrogen-bond acceptors (Lipinski definition) is 8. The summed E-state index contributed by atoms with van der Waals surface area (Å²) in [7, 11) is 3.37. The lowest BCUT2D eigenvalue weighted by atomic mass is 9.87. The summed E-state index contributed by atoms with van der Waals surface area (Å²) in [6.07, 6.45) is 12.2. The van der Waals surface area contributed by atoms with Crippen LogP contribution >= 0.6 is 0 Å². The monoisotopic (exact) mass is 901 g/mol. The van der Waals surface area contributed by atoms with E-state index in [4.69, 9.17) is 0 Å². The molecule has 2 aliphatic carbocycles. The van der Waals surface area contributed by atoms with Crippen LogP contribution < -0.4 is 31.9 Å². The van der Waals surface area contributed by atoms with Gasteiger partial charge >= 0.3 is 0 Å². The van der Waals surface area contributed by atoms with E-state index in [-0.39, 0.29) is 60.4 Å². The molecule has 14 heteroatoms. The number of aryl methyl sites for hydroxylation is 2. The smallest absolute Gasteiger partial charge is 0.246 e. The standard InChI is InChI=1S/C52H68N8O6/c1-33(53-3)47(61)57-43(51(65)59-30-12-24-45(59)49(63)55-41-21-10-17-37-15-5-7-19-39(37)41)23-9-14-35-26-28-36(29-27-35)32-44(58-48(62)34(2)54-4)52(66)60-31-13-25-46(60)50(64)56-42-22-11-18-38-16-6-8-20-40(38)42/h5-9,14-16,19-20,26-29,33-34,41-46,53-54H,10-13,17-18,21-25,30-32H2,1-4H3,(H,55,63)(H,56,64)(H,57,61)(H,58,62)/b14-9+/t33-,34-,41?,42-,43-,44-,45-,46-/m0/s1. The first-order valence-electron chi connectivity index (χ1n) is 24.0. The van der Waals surface area contributed by atoms with Crippen molar-refractivity contribution in [1.82, 2.24) is 41.7 Å². The molecule has 2 fully saturated rings. The third kappa shape index (κ3) is 11.6. The summed E-state index contributed by atoms with van der Waals surface area (Å²) in [4.78, 5) is 85.9. The first-order chi connectivity index (χ1) is 31.9. The van der Waals surface area contributed by atoms with Crippen LogP contribution in [0.25, 0.3) is 6.08 Å². The minimum Gasteiger partial charge on any atom is -0.347 e. The van der Waals surface area contributed by atoms with Gasteiger partial charge in [0.2, 0.25) is 35.4 Å². The Bertz CT molecular complexity index is 2250. The van der Waals surface area contributed by atoms with Crippen LogP contribution in [0, 0.1) is 0 Å². The fourth-order valence-corrected chi connectivity index (χ4v) is 9.97. The lowest BCUT2D eigenvalue weighted by molar-refractivity contribution is -0.141. The van der Waals surface area contributed by atoms with Gasteiger partial charge in [-0.15, -0.1) is 0 Å². The summed E-state index contributed by atoms with van der Waals surface area (Å²) in [6, 6.07) is 19.7. The highest BCUT2D eigenvalue weighted by Crippen LogP contribution is 2.32. The van der Waals surface area contributed by atoms with E-state index in [0.717, 1.165) is 60.8 Å². The van der Waals surface area contributed by atoms with Gasteiger partial charge in [0.05, 0.1) is 24.2 Å². The van der Waals surface area contributed by atoms with Crippen molar-refractivity contribution in [2.45, 2.75) is 139 Å². The van der Waals surface area contributed by atoms with Gasteiger partial charge in [0.15, 0.2) is 0 Å². The molecule has 8 atom stereocenters. The van der Waals surface area contributed by atoms with Gasteiger partial charge in [0.1, 0.15) is 24.2 Å². The van der Waals surface area contributed by atoms with Gasteiger partial charge in [-0.25, -0.2) is 0 Å². The van der Waals surface area contributed by atoms with Crippen molar-refractivity contribution in [1.29, 1.82) is 0 Å². The number of carbonyl (C=O) groups excluding carboxylic acids is 6. The molecule has 66 heavy (non-hydrogen) atoms. The lowest BCUT2D eigenvalue weighted by Gasteiger charge is -2.32. The summed E-state index contributed by atoms with van der Waals surface area (Å²) in [5.74, 6) is -1.55. The van der Waals surface area contributed by atoms with E-state index in [1.807, 2.05) is 60.7 Å². The third-order valence-corrected chi connectivity index (χ3v) is 14.0. The minimum absolute atomic E-state index is 0.102. The van der Waals surface area contributed by atoms with Crippen LogP contribution in [0.15, 0.2) is 78.9 Å². The van der Waals surface area contributed by atoms with Gasteiger partial charge in [-0.05, 0) is 132 Å². The summed E-state index contributed by atoms with van der Waals surface area (Å²) in [5, 5.41) is 18.3. The van der Waals surface area contributed by atoms with Crippen LogP contribution in [-0.4, -0.2) is 109 Å². The van der Waals surface area contributed by atoms with E-state index in [9.17, 15) is 28.8 Å². The van der Waals surface area contributed by atoms with Gasteiger partial charge in [-0.3, -0.25) is 28.8 Å². The van der Waals surface area contributed by atoms with Crippen LogP contribution in [0.4, 0.5) is 0 Å². The molecule has 0 spiro atoms. The summed E-state index contributed by atoms with van der Waals surface area (Å²) in [5.41, 5.74) is 6.41. The largest absolute Gasteiger partial charge is 0.347 e. The first kappa shape index (κ1) is 48.1. The second-order valence-electron chi connectivity index (χ2n) is 18.4. The van der Waals surface area contributed by atoms with Crippen molar-refractivity contribution in [2.75, 3.05) is 27.2 Å². The number of nitrogens with zero attached hydrogens (tertiary/aromatic N) is 2. The van der Waals surface area contributed by atoms with E-state index >= 15 is 0 Å². The number of carbonyl (C=O) groups is 6. The molecule has 0 aromatic heterocycles. The molecule has 0 bridgehead atoms. The number of amides is 6. The fourth-order valence-electron chi connectivity index (χ4n) is 9.97. The van der Waals surface area contributed by atoms with Crippen molar-refractivity contribution in [3.05, 3.63) is 112 Å². The molecule has 2 aliphatic heterocycles. The molecular weight excluding hydrogens is 833 g/mol. The molecule has 6 amide bonds. The second kappa shape index (κ2) is 22.6. The Labute approximate surface area is 389 Å². The molecule has 4 aliphatic rings. The van der Waals surface area contributed by atoms with Gasteiger partial charge in [0.25, 0.3) is 0 Å². The molecule has 1 unspecified atom stereocenters. The molecule has 352 valence electrons. The Morgan fingerprint density at radius 3 is 1.58 bits per heavy atom. The third-order valence-electron chi connectivity index (χ3n) is 14.0. The van der Waals surface area contributed by atoms with E-state index in [1.54, 1.807) is 37.7 Å². The minimum atomic E-state index is -0.899. The van der Waals surface area contributed by atoms with E-state index in [1.165, 1.54) is 11.1 Å². The molecule has 2 saturated heterocycles. The Hall–Kier alpha value is -5.86. The predicted octanol–water partition coefficient (Wildman–Crippen LogP) is 4.19. The number of nitrogens with one attached hydrogen (secondary N) is 6. The Balaban J connectivity index is 1.01. The highest BCUT2D eigenvalue weighted by atomic mass is 16.2. The van der Waals surface area contributed by atoms with Crippen LogP contribution in [0.2, 0.25) is 0 Å². The molecule has 6 N–H and O–H groups in total. The fraction of sp³-hybridized carbons (Fsp3) is 0.500. The first-order valence-corrected chi connectivity index (χ1v) is 24.0. The van der Waals surface area contributed by atoms with Crippen molar-refractivity contribution in [2.24, 2.45) is 0 Å². The van der Waals surface area contributed by atoms with Crippen molar-refractivity contribution < 1.29 is 28.8 Å². The molecule has 3 aromatic rings. The number of likely N-dealkylation sites (N-methyl/N-ethyl adjacent to an activating group) is 2. The van der Waals surface area contributed by atoms with Crippen molar-refractivity contribution in [3.63, 3.8) is 0 Å². The second-order valence-corrected chi connectivity index (χ2v) is 18.4.